The van der Waals surface area contributed by atoms with Gasteiger partial charge in [0.05, 0.1) is 0 Å². The van der Waals surface area contributed by atoms with Crippen molar-refractivity contribution in [2.45, 2.75) is 40.7 Å². The smallest absolute Gasteiger partial charge is 0.323 e. The molecular weight excluding hydrogens is 220 g/mol. The Labute approximate surface area is 103 Å². The number of urea groups is 1. The van der Waals surface area contributed by atoms with E-state index in [0.717, 1.165) is 0 Å². The number of aliphatic carboxylic acids is 1. The molecule has 100 valence electrons. The van der Waals surface area contributed by atoms with E-state index in [0.29, 0.717) is 13.1 Å². The summed E-state index contributed by atoms with van der Waals surface area (Å²) in [5.74, 6) is -0.719. The predicted octanol–water partition coefficient (Wildman–Crippen LogP) is 1.88. The normalized spacial score (nSPS) is 10.8. The number of nitrogens with zero attached hydrogens (tertiary/aromatic N) is 2. The Morgan fingerprint density at radius 1 is 1.18 bits per heavy atom. The SMILES string of the molecule is CCN(C(=O)N(CC(=O)O)CC(C)C)C(C)C. The first-order valence-corrected chi connectivity index (χ1v) is 6.06. The highest BCUT2D eigenvalue weighted by atomic mass is 16.4. The summed E-state index contributed by atoms with van der Waals surface area (Å²) in [7, 11) is 0. The molecule has 0 aromatic carbocycles. The summed E-state index contributed by atoms with van der Waals surface area (Å²) in [6, 6.07) is -0.116. The molecule has 0 atom stereocenters. The lowest BCUT2D eigenvalue weighted by Gasteiger charge is -2.32. The number of amides is 2. The van der Waals surface area contributed by atoms with Crippen molar-refractivity contribution in [3.05, 3.63) is 0 Å². The van der Waals surface area contributed by atoms with Crippen LogP contribution < -0.4 is 0 Å². The summed E-state index contributed by atoms with van der Waals surface area (Å²) in [6.45, 7) is 10.5. The van der Waals surface area contributed by atoms with Crippen LogP contribution in [-0.2, 0) is 4.79 Å². The van der Waals surface area contributed by atoms with E-state index >= 15 is 0 Å². The lowest BCUT2D eigenvalue weighted by molar-refractivity contribution is -0.137. The van der Waals surface area contributed by atoms with Crippen LogP contribution in [0.15, 0.2) is 0 Å². The number of carboxylic acid groups (broad SMARTS) is 1. The average molecular weight is 244 g/mol. The number of hydrogen-bond donors (Lipinski definition) is 1. The Hall–Kier alpha value is -1.26. The number of carbonyl (C=O) groups is 2. The molecule has 0 heterocycles. The maximum atomic E-state index is 12.2. The minimum Gasteiger partial charge on any atom is -0.480 e. The summed E-state index contributed by atoms with van der Waals surface area (Å²) in [5.41, 5.74) is 0. The number of hydrogen-bond acceptors (Lipinski definition) is 2. The van der Waals surface area contributed by atoms with E-state index in [4.69, 9.17) is 5.11 Å². The van der Waals surface area contributed by atoms with Crippen LogP contribution in [0.25, 0.3) is 0 Å². The monoisotopic (exact) mass is 244 g/mol. The first kappa shape index (κ1) is 15.7. The van der Waals surface area contributed by atoms with Crippen LogP contribution in [0.3, 0.4) is 0 Å². The maximum Gasteiger partial charge on any atom is 0.323 e. The van der Waals surface area contributed by atoms with Crippen LogP contribution in [0.4, 0.5) is 4.79 Å². The average Bonchev–Trinajstić information content (AvgIpc) is 2.15. The Bertz CT molecular complexity index is 264. The fraction of sp³-hybridized carbons (Fsp3) is 0.833. The lowest BCUT2D eigenvalue weighted by Crippen LogP contribution is -2.49. The molecule has 0 rings (SSSR count). The number of carbonyl (C=O) groups excluding carboxylic acids is 1. The molecule has 0 fully saturated rings. The van der Waals surface area contributed by atoms with Crippen molar-refractivity contribution in [1.29, 1.82) is 0 Å². The minimum absolute atomic E-state index is 0.0796. The first-order valence-electron chi connectivity index (χ1n) is 6.06. The van der Waals surface area contributed by atoms with Gasteiger partial charge < -0.3 is 14.9 Å². The molecule has 0 spiro atoms. The highest BCUT2D eigenvalue weighted by Crippen LogP contribution is 2.07. The van der Waals surface area contributed by atoms with Gasteiger partial charge in [0.2, 0.25) is 0 Å². The zero-order valence-corrected chi connectivity index (χ0v) is 11.4. The van der Waals surface area contributed by atoms with Gasteiger partial charge in [-0.3, -0.25) is 4.79 Å². The Morgan fingerprint density at radius 3 is 2.00 bits per heavy atom. The molecule has 0 aliphatic rings. The molecule has 0 saturated heterocycles. The van der Waals surface area contributed by atoms with Crippen molar-refractivity contribution >= 4 is 12.0 Å². The van der Waals surface area contributed by atoms with Crippen LogP contribution >= 0.6 is 0 Å². The van der Waals surface area contributed by atoms with E-state index in [1.165, 1.54) is 4.90 Å². The van der Waals surface area contributed by atoms with Crippen LogP contribution in [0.5, 0.6) is 0 Å². The summed E-state index contributed by atoms with van der Waals surface area (Å²) in [5, 5.41) is 8.83. The fourth-order valence-electron chi connectivity index (χ4n) is 1.72. The van der Waals surface area contributed by atoms with Gasteiger partial charge in [-0.25, -0.2) is 4.79 Å². The summed E-state index contributed by atoms with van der Waals surface area (Å²) < 4.78 is 0. The molecule has 2 amide bonds. The van der Waals surface area contributed by atoms with Gasteiger partial charge in [0.25, 0.3) is 0 Å². The van der Waals surface area contributed by atoms with Gasteiger partial charge in [-0.1, -0.05) is 13.8 Å². The van der Waals surface area contributed by atoms with Gasteiger partial charge in [0, 0.05) is 19.1 Å². The van der Waals surface area contributed by atoms with E-state index in [1.54, 1.807) is 4.90 Å². The summed E-state index contributed by atoms with van der Waals surface area (Å²) in [4.78, 5) is 26.0. The molecule has 0 aromatic heterocycles. The maximum absolute atomic E-state index is 12.2. The van der Waals surface area contributed by atoms with Crippen LogP contribution in [0.1, 0.15) is 34.6 Å². The molecule has 5 heteroatoms. The van der Waals surface area contributed by atoms with E-state index in [-0.39, 0.29) is 24.5 Å². The van der Waals surface area contributed by atoms with E-state index in [9.17, 15) is 9.59 Å². The van der Waals surface area contributed by atoms with Crippen LogP contribution in [0, 0.1) is 5.92 Å². The van der Waals surface area contributed by atoms with Crippen molar-refractivity contribution in [1.82, 2.24) is 9.80 Å². The molecule has 0 saturated carbocycles. The minimum atomic E-state index is -0.973. The van der Waals surface area contributed by atoms with E-state index in [1.807, 2.05) is 34.6 Å². The third kappa shape index (κ3) is 5.56. The van der Waals surface area contributed by atoms with E-state index in [2.05, 4.69) is 0 Å². The summed E-state index contributed by atoms with van der Waals surface area (Å²) in [6.07, 6.45) is 0. The Kier molecular flexibility index (Phi) is 6.61. The highest BCUT2D eigenvalue weighted by Gasteiger charge is 2.24. The van der Waals surface area contributed by atoms with Crippen molar-refractivity contribution in [2.24, 2.45) is 5.92 Å². The predicted molar refractivity (Wildman–Crippen MR) is 67.0 cm³/mol. The van der Waals surface area contributed by atoms with Gasteiger partial charge in [-0.2, -0.15) is 0 Å². The summed E-state index contributed by atoms with van der Waals surface area (Å²) >= 11 is 0. The molecule has 17 heavy (non-hydrogen) atoms. The van der Waals surface area contributed by atoms with E-state index < -0.39 is 5.97 Å². The highest BCUT2D eigenvalue weighted by molar-refractivity contribution is 5.80. The van der Waals surface area contributed by atoms with Gasteiger partial charge in [-0.05, 0) is 26.7 Å². The third-order valence-electron chi connectivity index (χ3n) is 2.39. The van der Waals surface area contributed by atoms with Crippen LogP contribution in [0.2, 0.25) is 0 Å². The van der Waals surface area contributed by atoms with Crippen molar-refractivity contribution in [3.8, 4) is 0 Å². The second-order valence-electron chi connectivity index (χ2n) is 4.83. The number of carboxylic acids is 1. The molecule has 5 nitrogen and oxygen atoms in total. The molecule has 0 aliphatic carbocycles. The van der Waals surface area contributed by atoms with Gasteiger partial charge >= 0.3 is 12.0 Å². The van der Waals surface area contributed by atoms with Gasteiger partial charge in [0.1, 0.15) is 6.54 Å². The molecule has 0 aromatic rings. The zero-order valence-electron chi connectivity index (χ0n) is 11.4. The largest absolute Gasteiger partial charge is 0.480 e. The Balaban J connectivity index is 4.76. The molecule has 1 N–H and O–H groups in total. The molecular formula is C12H24N2O3. The fourth-order valence-corrected chi connectivity index (χ4v) is 1.72. The molecule has 0 aliphatic heterocycles. The lowest BCUT2D eigenvalue weighted by atomic mass is 10.2. The van der Waals surface area contributed by atoms with Gasteiger partial charge in [0.15, 0.2) is 0 Å². The topological polar surface area (TPSA) is 60.9 Å². The molecule has 0 radical (unpaired) electrons. The van der Waals surface area contributed by atoms with Crippen molar-refractivity contribution in [2.75, 3.05) is 19.6 Å². The molecule has 0 unspecified atom stereocenters. The molecule has 0 bridgehead atoms. The standard InChI is InChI=1S/C12H24N2O3/c1-6-14(10(4)5)12(17)13(7-9(2)3)8-11(15)16/h9-10H,6-8H2,1-5H3,(H,15,16). The van der Waals surface area contributed by atoms with Crippen LogP contribution in [-0.4, -0.2) is 52.6 Å². The van der Waals surface area contributed by atoms with Crippen molar-refractivity contribution < 1.29 is 14.7 Å². The zero-order chi connectivity index (χ0) is 13.6. The number of rotatable bonds is 6. The van der Waals surface area contributed by atoms with Gasteiger partial charge in [-0.15, -0.1) is 0 Å². The van der Waals surface area contributed by atoms with Crippen molar-refractivity contribution in [3.63, 3.8) is 0 Å². The Morgan fingerprint density at radius 2 is 1.71 bits per heavy atom. The first-order chi connectivity index (χ1) is 7.79. The quantitative estimate of drug-likeness (QED) is 0.776. The second-order valence-corrected chi connectivity index (χ2v) is 4.83. The third-order valence-corrected chi connectivity index (χ3v) is 2.39. The second kappa shape index (κ2) is 7.14.